The van der Waals surface area contributed by atoms with Gasteiger partial charge in [0.05, 0.1) is 12.1 Å². The SMILES string of the molecule is CCCC(C)(O)CNCC(=O)Nc1ccccc1. The molecule has 18 heavy (non-hydrogen) atoms. The average Bonchev–Trinajstić information content (AvgIpc) is 2.29. The number of nitrogens with one attached hydrogen (secondary N) is 2. The summed E-state index contributed by atoms with van der Waals surface area (Å²) in [5.41, 5.74) is 0.0338. The highest BCUT2D eigenvalue weighted by atomic mass is 16.3. The molecule has 0 saturated carbocycles. The van der Waals surface area contributed by atoms with E-state index in [2.05, 4.69) is 10.6 Å². The fourth-order valence-electron chi connectivity index (χ4n) is 1.80. The average molecular weight is 250 g/mol. The molecule has 0 heterocycles. The van der Waals surface area contributed by atoms with Gasteiger partial charge in [-0.3, -0.25) is 4.79 Å². The molecule has 1 atom stereocenters. The van der Waals surface area contributed by atoms with E-state index in [1.807, 2.05) is 37.3 Å². The predicted octanol–water partition coefficient (Wildman–Crippen LogP) is 1.77. The molecular formula is C14H22N2O2. The van der Waals surface area contributed by atoms with E-state index in [-0.39, 0.29) is 12.5 Å². The third kappa shape index (κ3) is 5.80. The van der Waals surface area contributed by atoms with Gasteiger partial charge in [-0.25, -0.2) is 0 Å². The van der Waals surface area contributed by atoms with Crippen molar-refractivity contribution >= 4 is 11.6 Å². The van der Waals surface area contributed by atoms with Gasteiger partial charge in [0, 0.05) is 12.2 Å². The quantitative estimate of drug-likeness (QED) is 0.691. The minimum absolute atomic E-state index is 0.103. The van der Waals surface area contributed by atoms with Crippen molar-refractivity contribution in [3.63, 3.8) is 0 Å². The molecule has 1 unspecified atom stereocenters. The molecular weight excluding hydrogens is 228 g/mol. The predicted molar refractivity (Wildman–Crippen MR) is 73.5 cm³/mol. The topological polar surface area (TPSA) is 61.4 Å². The minimum Gasteiger partial charge on any atom is -0.389 e. The van der Waals surface area contributed by atoms with Crippen molar-refractivity contribution in [2.75, 3.05) is 18.4 Å². The summed E-state index contributed by atoms with van der Waals surface area (Å²) in [6.07, 6.45) is 1.64. The van der Waals surface area contributed by atoms with Gasteiger partial charge in [-0.1, -0.05) is 31.5 Å². The molecule has 0 aliphatic carbocycles. The van der Waals surface area contributed by atoms with Crippen LogP contribution in [0.15, 0.2) is 30.3 Å². The summed E-state index contributed by atoms with van der Waals surface area (Å²) < 4.78 is 0. The Labute approximate surface area is 108 Å². The molecule has 1 amide bonds. The number of amides is 1. The first-order chi connectivity index (χ1) is 8.53. The summed E-state index contributed by atoms with van der Waals surface area (Å²) in [6, 6.07) is 9.32. The van der Waals surface area contributed by atoms with Crippen molar-refractivity contribution < 1.29 is 9.90 Å². The molecule has 3 N–H and O–H groups in total. The zero-order valence-electron chi connectivity index (χ0n) is 11.1. The van der Waals surface area contributed by atoms with Crippen LogP contribution in [0.4, 0.5) is 5.69 Å². The van der Waals surface area contributed by atoms with Crippen LogP contribution in [-0.2, 0) is 4.79 Å². The molecule has 4 heteroatoms. The number of anilines is 1. The summed E-state index contributed by atoms with van der Waals surface area (Å²) in [7, 11) is 0. The molecule has 4 nitrogen and oxygen atoms in total. The van der Waals surface area contributed by atoms with Crippen LogP contribution in [-0.4, -0.2) is 29.7 Å². The molecule has 0 aliphatic heterocycles. The van der Waals surface area contributed by atoms with Gasteiger partial charge in [0.15, 0.2) is 0 Å². The van der Waals surface area contributed by atoms with Gasteiger partial charge < -0.3 is 15.7 Å². The fourth-order valence-corrected chi connectivity index (χ4v) is 1.80. The van der Waals surface area contributed by atoms with Gasteiger partial charge in [0.1, 0.15) is 0 Å². The number of hydrogen-bond donors (Lipinski definition) is 3. The van der Waals surface area contributed by atoms with Gasteiger partial charge >= 0.3 is 0 Å². The first-order valence-corrected chi connectivity index (χ1v) is 6.31. The Kier molecular flexibility index (Phi) is 5.82. The maximum absolute atomic E-state index is 11.6. The molecule has 0 fully saturated rings. The van der Waals surface area contributed by atoms with Crippen LogP contribution in [0.1, 0.15) is 26.7 Å². The third-order valence-corrected chi connectivity index (χ3v) is 2.64. The van der Waals surface area contributed by atoms with E-state index in [1.165, 1.54) is 0 Å². The molecule has 0 aromatic heterocycles. The lowest BCUT2D eigenvalue weighted by Gasteiger charge is -2.22. The number of para-hydroxylation sites is 1. The van der Waals surface area contributed by atoms with E-state index >= 15 is 0 Å². The van der Waals surface area contributed by atoms with Gasteiger partial charge in [0.25, 0.3) is 0 Å². The van der Waals surface area contributed by atoms with E-state index in [0.29, 0.717) is 6.54 Å². The fraction of sp³-hybridized carbons (Fsp3) is 0.500. The number of carbonyl (C=O) groups excluding carboxylic acids is 1. The molecule has 1 aromatic rings. The van der Waals surface area contributed by atoms with Gasteiger partial charge in [0.2, 0.25) is 5.91 Å². The Morgan fingerprint density at radius 1 is 1.33 bits per heavy atom. The molecule has 100 valence electrons. The lowest BCUT2D eigenvalue weighted by molar-refractivity contribution is -0.115. The van der Waals surface area contributed by atoms with Crippen molar-refractivity contribution in [1.82, 2.24) is 5.32 Å². The summed E-state index contributed by atoms with van der Waals surface area (Å²) in [5, 5.41) is 15.7. The normalized spacial score (nSPS) is 13.9. The minimum atomic E-state index is -0.748. The molecule has 0 bridgehead atoms. The maximum atomic E-state index is 11.6. The largest absolute Gasteiger partial charge is 0.389 e. The lowest BCUT2D eigenvalue weighted by Crippen LogP contribution is -2.40. The monoisotopic (exact) mass is 250 g/mol. The van der Waals surface area contributed by atoms with Crippen molar-refractivity contribution in [3.05, 3.63) is 30.3 Å². The molecule has 0 spiro atoms. The summed E-state index contributed by atoms with van der Waals surface area (Å²) in [4.78, 5) is 11.6. The van der Waals surface area contributed by atoms with Crippen LogP contribution in [0, 0.1) is 0 Å². The first-order valence-electron chi connectivity index (χ1n) is 6.31. The Morgan fingerprint density at radius 3 is 2.61 bits per heavy atom. The smallest absolute Gasteiger partial charge is 0.238 e. The first kappa shape index (κ1) is 14.7. The maximum Gasteiger partial charge on any atom is 0.238 e. The molecule has 0 aliphatic rings. The molecule has 0 radical (unpaired) electrons. The Hall–Kier alpha value is -1.39. The number of benzene rings is 1. The van der Waals surface area contributed by atoms with Gasteiger partial charge in [-0.05, 0) is 25.5 Å². The van der Waals surface area contributed by atoms with Crippen LogP contribution in [0.5, 0.6) is 0 Å². The number of hydrogen-bond acceptors (Lipinski definition) is 3. The lowest BCUT2D eigenvalue weighted by atomic mass is 10.0. The van der Waals surface area contributed by atoms with Crippen LogP contribution in [0.3, 0.4) is 0 Å². The van der Waals surface area contributed by atoms with Crippen LogP contribution >= 0.6 is 0 Å². The van der Waals surface area contributed by atoms with E-state index in [9.17, 15) is 9.90 Å². The summed E-state index contributed by atoms with van der Waals surface area (Å²) in [6.45, 7) is 4.42. The van der Waals surface area contributed by atoms with Crippen molar-refractivity contribution in [1.29, 1.82) is 0 Å². The number of aliphatic hydroxyl groups is 1. The number of carbonyl (C=O) groups is 1. The second-order valence-electron chi connectivity index (χ2n) is 4.76. The zero-order chi connectivity index (χ0) is 13.4. The second kappa shape index (κ2) is 7.13. The van der Waals surface area contributed by atoms with Crippen LogP contribution < -0.4 is 10.6 Å². The van der Waals surface area contributed by atoms with Gasteiger partial charge in [-0.2, -0.15) is 0 Å². The van der Waals surface area contributed by atoms with Crippen molar-refractivity contribution in [2.45, 2.75) is 32.3 Å². The highest BCUT2D eigenvalue weighted by Crippen LogP contribution is 2.09. The van der Waals surface area contributed by atoms with Crippen molar-refractivity contribution in [2.24, 2.45) is 0 Å². The standard InChI is InChI=1S/C14H22N2O2/c1-3-9-14(2,18)11-15-10-13(17)16-12-7-5-4-6-8-12/h4-8,15,18H,3,9-11H2,1-2H3,(H,16,17). The Morgan fingerprint density at radius 2 is 2.00 bits per heavy atom. The second-order valence-corrected chi connectivity index (χ2v) is 4.76. The Balaban J connectivity index is 2.26. The van der Waals surface area contributed by atoms with E-state index in [1.54, 1.807) is 6.92 Å². The zero-order valence-corrected chi connectivity index (χ0v) is 11.1. The van der Waals surface area contributed by atoms with E-state index < -0.39 is 5.60 Å². The molecule has 0 saturated heterocycles. The van der Waals surface area contributed by atoms with E-state index in [0.717, 1.165) is 18.5 Å². The Bertz CT molecular complexity index is 363. The summed E-state index contributed by atoms with van der Waals surface area (Å²) >= 11 is 0. The third-order valence-electron chi connectivity index (χ3n) is 2.64. The summed E-state index contributed by atoms with van der Waals surface area (Å²) in [5.74, 6) is -0.103. The highest BCUT2D eigenvalue weighted by Gasteiger charge is 2.18. The molecule has 1 aromatic carbocycles. The van der Waals surface area contributed by atoms with Crippen LogP contribution in [0.25, 0.3) is 0 Å². The highest BCUT2D eigenvalue weighted by molar-refractivity contribution is 5.92. The van der Waals surface area contributed by atoms with E-state index in [4.69, 9.17) is 0 Å². The van der Waals surface area contributed by atoms with Crippen molar-refractivity contribution in [3.8, 4) is 0 Å². The van der Waals surface area contributed by atoms with Crippen LogP contribution in [0.2, 0.25) is 0 Å². The van der Waals surface area contributed by atoms with Gasteiger partial charge in [-0.15, -0.1) is 0 Å². The number of rotatable bonds is 7. The molecule has 1 rings (SSSR count).